The number of nitrogens with one attached hydrogen (secondary N) is 1. The number of hydrogen-bond acceptors (Lipinski definition) is 2. The maximum absolute atomic E-state index is 5.58. The Morgan fingerprint density at radius 1 is 1.47 bits per heavy atom. The highest BCUT2D eigenvalue weighted by Gasteiger charge is 2.25. The molecule has 1 heterocycles. The molecular weight excluding hydrogens is 272 g/mol. The number of rotatable bonds is 4. The number of thiocarbonyl (C=S) groups is 1. The number of anilines is 1. The summed E-state index contributed by atoms with van der Waals surface area (Å²) in [4.78, 5) is 2.28. The van der Waals surface area contributed by atoms with Crippen LogP contribution in [0, 0.1) is 0 Å². The van der Waals surface area contributed by atoms with E-state index in [1.807, 2.05) is 11.8 Å². The van der Waals surface area contributed by atoms with Crippen molar-refractivity contribution >= 4 is 34.8 Å². The lowest BCUT2D eigenvalue weighted by Gasteiger charge is -2.37. The van der Waals surface area contributed by atoms with E-state index in [0.29, 0.717) is 6.04 Å². The van der Waals surface area contributed by atoms with Crippen LogP contribution in [0.1, 0.15) is 25.3 Å². The van der Waals surface area contributed by atoms with Gasteiger partial charge in [0, 0.05) is 18.3 Å². The molecule has 1 atom stereocenters. The molecular formula is C15H22N2S2. The lowest BCUT2D eigenvalue weighted by molar-refractivity contribution is 0.622. The molecule has 0 saturated carbocycles. The Balaban J connectivity index is 2.04. The van der Waals surface area contributed by atoms with Crippen LogP contribution in [-0.2, 0) is 6.42 Å². The van der Waals surface area contributed by atoms with Gasteiger partial charge >= 0.3 is 0 Å². The van der Waals surface area contributed by atoms with E-state index < -0.39 is 0 Å². The van der Waals surface area contributed by atoms with Gasteiger partial charge in [0.2, 0.25) is 0 Å². The van der Waals surface area contributed by atoms with E-state index in [9.17, 15) is 0 Å². The van der Waals surface area contributed by atoms with Crippen molar-refractivity contribution in [3.63, 3.8) is 0 Å². The number of hydrogen-bond donors (Lipinski definition) is 1. The van der Waals surface area contributed by atoms with Gasteiger partial charge in [0.25, 0.3) is 0 Å². The van der Waals surface area contributed by atoms with Gasteiger partial charge in [-0.3, -0.25) is 0 Å². The van der Waals surface area contributed by atoms with Crippen LogP contribution >= 0.6 is 24.0 Å². The smallest absolute Gasteiger partial charge is 0.173 e. The van der Waals surface area contributed by atoms with Gasteiger partial charge in [-0.1, -0.05) is 18.2 Å². The van der Waals surface area contributed by atoms with Crippen LogP contribution in [0.5, 0.6) is 0 Å². The molecule has 2 rings (SSSR count). The summed E-state index contributed by atoms with van der Waals surface area (Å²) in [5.74, 6) is 1.18. The van der Waals surface area contributed by atoms with Gasteiger partial charge in [-0.05, 0) is 62.0 Å². The van der Waals surface area contributed by atoms with E-state index in [4.69, 9.17) is 12.2 Å². The van der Waals surface area contributed by atoms with Crippen LogP contribution in [0.25, 0.3) is 0 Å². The molecule has 0 bridgehead atoms. The average molecular weight is 294 g/mol. The molecule has 0 fully saturated rings. The SMILES string of the molecule is CSCCCNC(=S)N1c2ccccc2CC[C@H]1C. The summed E-state index contributed by atoms with van der Waals surface area (Å²) in [6.45, 7) is 3.22. The molecule has 4 heteroatoms. The van der Waals surface area contributed by atoms with Crippen molar-refractivity contribution in [1.29, 1.82) is 0 Å². The predicted octanol–water partition coefficient (Wildman–Crippen LogP) is 3.46. The van der Waals surface area contributed by atoms with E-state index in [0.717, 1.165) is 24.5 Å². The van der Waals surface area contributed by atoms with E-state index in [1.165, 1.54) is 23.4 Å². The molecule has 0 aromatic heterocycles. The number of aryl methyl sites for hydroxylation is 1. The summed E-state index contributed by atoms with van der Waals surface area (Å²) in [5.41, 5.74) is 2.69. The topological polar surface area (TPSA) is 15.3 Å². The van der Waals surface area contributed by atoms with E-state index in [2.05, 4.69) is 47.7 Å². The Morgan fingerprint density at radius 2 is 2.26 bits per heavy atom. The van der Waals surface area contributed by atoms with Gasteiger partial charge < -0.3 is 10.2 Å². The molecule has 1 N–H and O–H groups in total. The zero-order valence-electron chi connectivity index (χ0n) is 11.7. The van der Waals surface area contributed by atoms with Gasteiger partial charge in [0.1, 0.15) is 0 Å². The minimum atomic E-state index is 0.482. The zero-order valence-corrected chi connectivity index (χ0v) is 13.3. The predicted molar refractivity (Wildman–Crippen MR) is 90.3 cm³/mol. The lowest BCUT2D eigenvalue weighted by atomic mass is 9.97. The van der Waals surface area contributed by atoms with Gasteiger partial charge in [0.05, 0.1) is 0 Å². The minimum Gasteiger partial charge on any atom is -0.362 e. The van der Waals surface area contributed by atoms with Gasteiger partial charge in [-0.2, -0.15) is 11.8 Å². The molecule has 0 saturated heterocycles. The molecule has 0 spiro atoms. The fourth-order valence-electron chi connectivity index (χ4n) is 2.49. The van der Waals surface area contributed by atoms with Crippen LogP contribution in [0.15, 0.2) is 24.3 Å². The first-order valence-electron chi connectivity index (χ1n) is 6.88. The Labute approximate surface area is 126 Å². The Bertz CT molecular complexity index is 434. The van der Waals surface area contributed by atoms with Crippen LogP contribution in [0.4, 0.5) is 5.69 Å². The third kappa shape index (κ3) is 3.63. The summed E-state index contributed by atoms with van der Waals surface area (Å²) >= 11 is 7.47. The van der Waals surface area contributed by atoms with E-state index in [-0.39, 0.29) is 0 Å². The molecule has 2 nitrogen and oxygen atoms in total. The summed E-state index contributed by atoms with van der Waals surface area (Å²) in [5, 5.41) is 4.28. The quantitative estimate of drug-likeness (QED) is 0.675. The Morgan fingerprint density at radius 3 is 3.05 bits per heavy atom. The van der Waals surface area contributed by atoms with E-state index >= 15 is 0 Å². The number of nitrogens with zero attached hydrogens (tertiary/aromatic N) is 1. The third-order valence-corrected chi connectivity index (χ3v) is 4.58. The molecule has 0 radical (unpaired) electrons. The zero-order chi connectivity index (χ0) is 13.7. The fraction of sp³-hybridized carbons (Fsp3) is 0.533. The molecule has 0 amide bonds. The monoisotopic (exact) mass is 294 g/mol. The normalized spacial score (nSPS) is 18.0. The molecule has 19 heavy (non-hydrogen) atoms. The standard InChI is InChI=1S/C15H22N2S2/c1-12-8-9-13-6-3-4-7-14(13)17(12)15(18)16-10-5-11-19-2/h3-4,6-7,12H,5,8-11H2,1-2H3,(H,16,18)/t12-/m1/s1. The highest BCUT2D eigenvalue weighted by atomic mass is 32.2. The van der Waals surface area contributed by atoms with Crippen LogP contribution in [0.2, 0.25) is 0 Å². The van der Waals surface area contributed by atoms with Gasteiger partial charge in [0.15, 0.2) is 5.11 Å². The second-order valence-electron chi connectivity index (χ2n) is 4.96. The van der Waals surface area contributed by atoms with Crippen molar-refractivity contribution in [2.45, 2.75) is 32.2 Å². The molecule has 1 aromatic carbocycles. The second kappa shape index (κ2) is 7.15. The van der Waals surface area contributed by atoms with Crippen molar-refractivity contribution in [3.05, 3.63) is 29.8 Å². The van der Waals surface area contributed by atoms with E-state index in [1.54, 1.807) is 0 Å². The van der Waals surface area contributed by atoms with Crippen molar-refractivity contribution in [2.24, 2.45) is 0 Å². The molecule has 104 valence electrons. The maximum atomic E-state index is 5.58. The largest absolute Gasteiger partial charge is 0.362 e. The fourth-order valence-corrected chi connectivity index (χ4v) is 3.31. The molecule has 1 aromatic rings. The number of fused-ring (bicyclic) bond motifs is 1. The number of para-hydroxylation sites is 1. The van der Waals surface area contributed by atoms with Crippen LogP contribution in [0.3, 0.4) is 0 Å². The Hall–Kier alpha value is -0.740. The van der Waals surface area contributed by atoms with Crippen molar-refractivity contribution in [2.75, 3.05) is 23.5 Å². The van der Waals surface area contributed by atoms with Crippen molar-refractivity contribution in [3.8, 4) is 0 Å². The summed E-state index contributed by atoms with van der Waals surface area (Å²) < 4.78 is 0. The second-order valence-corrected chi connectivity index (χ2v) is 6.34. The third-order valence-electron chi connectivity index (χ3n) is 3.54. The first-order valence-corrected chi connectivity index (χ1v) is 8.68. The molecule has 1 aliphatic heterocycles. The van der Waals surface area contributed by atoms with Crippen molar-refractivity contribution < 1.29 is 0 Å². The average Bonchev–Trinajstić information content (AvgIpc) is 2.43. The number of thioether (sulfide) groups is 1. The maximum Gasteiger partial charge on any atom is 0.173 e. The highest BCUT2D eigenvalue weighted by molar-refractivity contribution is 7.98. The van der Waals surface area contributed by atoms with Gasteiger partial charge in [-0.15, -0.1) is 0 Å². The highest BCUT2D eigenvalue weighted by Crippen LogP contribution is 2.30. The van der Waals surface area contributed by atoms with Crippen LogP contribution in [-0.4, -0.2) is 29.7 Å². The van der Waals surface area contributed by atoms with Crippen LogP contribution < -0.4 is 10.2 Å². The first-order chi connectivity index (χ1) is 9.24. The summed E-state index contributed by atoms with van der Waals surface area (Å²) in [7, 11) is 0. The summed E-state index contributed by atoms with van der Waals surface area (Å²) in [6.07, 6.45) is 5.62. The number of benzene rings is 1. The molecule has 0 unspecified atom stereocenters. The first kappa shape index (κ1) is 14.7. The Kier molecular flexibility index (Phi) is 5.52. The summed E-state index contributed by atoms with van der Waals surface area (Å²) in [6, 6.07) is 9.09. The van der Waals surface area contributed by atoms with Crippen molar-refractivity contribution in [1.82, 2.24) is 5.32 Å². The molecule has 1 aliphatic rings. The molecule has 0 aliphatic carbocycles. The minimum absolute atomic E-state index is 0.482. The van der Waals surface area contributed by atoms with Gasteiger partial charge in [-0.25, -0.2) is 0 Å². The lowest BCUT2D eigenvalue weighted by Crippen LogP contribution is -2.47.